The molecule has 108 valence electrons. The van der Waals surface area contributed by atoms with Crippen LogP contribution in [0.15, 0.2) is 38.3 Å². The summed E-state index contributed by atoms with van der Waals surface area (Å²) >= 11 is 1.23. The number of hydrogen-bond acceptors (Lipinski definition) is 5. The predicted octanol–water partition coefficient (Wildman–Crippen LogP) is 1.76. The van der Waals surface area contributed by atoms with E-state index in [1.54, 1.807) is 17.5 Å². The third-order valence-electron chi connectivity index (χ3n) is 3.55. The number of rotatable bonds is 3. The largest absolute Gasteiger partial charge is 0.466 e. The summed E-state index contributed by atoms with van der Waals surface area (Å²) in [6.07, 6.45) is 0. The molecule has 1 saturated heterocycles. The minimum Gasteiger partial charge on any atom is -0.466 e. The molecule has 2 aromatic heterocycles. The van der Waals surface area contributed by atoms with Crippen molar-refractivity contribution in [2.45, 2.75) is 23.1 Å². The van der Waals surface area contributed by atoms with Crippen molar-refractivity contribution in [1.82, 2.24) is 4.31 Å². The Balaban J connectivity index is 1.85. The smallest absolute Gasteiger partial charge is 0.252 e. The normalized spacial score (nSPS) is 24.3. The van der Waals surface area contributed by atoms with Crippen LogP contribution in [-0.2, 0) is 10.0 Å². The average Bonchev–Trinajstić information content (AvgIpc) is 3.08. The Morgan fingerprint density at radius 2 is 2.15 bits per heavy atom. The summed E-state index contributed by atoms with van der Waals surface area (Å²) in [4.78, 5) is 0. The van der Waals surface area contributed by atoms with Gasteiger partial charge in [0.15, 0.2) is 0 Å². The van der Waals surface area contributed by atoms with Crippen molar-refractivity contribution in [3.63, 3.8) is 0 Å². The van der Waals surface area contributed by atoms with Gasteiger partial charge in [0.1, 0.15) is 15.7 Å². The Morgan fingerprint density at radius 3 is 2.75 bits per heavy atom. The first-order chi connectivity index (χ1) is 9.48. The summed E-state index contributed by atoms with van der Waals surface area (Å²) in [5, 5.41) is 1.76. The third kappa shape index (κ3) is 2.31. The first-order valence-electron chi connectivity index (χ1n) is 6.34. The van der Waals surface area contributed by atoms with E-state index in [2.05, 4.69) is 0 Å². The van der Waals surface area contributed by atoms with Gasteiger partial charge >= 0.3 is 0 Å². The molecular formula is C13H16N2O3S2. The Bertz CT molecular complexity index is 691. The van der Waals surface area contributed by atoms with Gasteiger partial charge in [-0.15, -0.1) is 11.3 Å². The molecular weight excluding hydrogens is 296 g/mol. The molecule has 2 N–H and O–H groups in total. The maximum absolute atomic E-state index is 12.5. The zero-order valence-electron chi connectivity index (χ0n) is 11.0. The van der Waals surface area contributed by atoms with Crippen molar-refractivity contribution in [3.05, 3.63) is 41.2 Å². The van der Waals surface area contributed by atoms with Gasteiger partial charge in [-0.3, -0.25) is 0 Å². The van der Waals surface area contributed by atoms with E-state index in [0.717, 1.165) is 11.5 Å². The molecule has 7 heteroatoms. The highest BCUT2D eigenvalue weighted by atomic mass is 32.2. The number of hydrogen-bond donors (Lipinski definition) is 1. The highest BCUT2D eigenvalue weighted by Crippen LogP contribution is 2.32. The fourth-order valence-electron chi connectivity index (χ4n) is 2.48. The second kappa shape index (κ2) is 5.00. The fourth-order valence-corrected chi connectivity index (χ4v) is 5.13. The molecule has 1 fully saturated rings. The fraction of sp³-hybridized carbons (Fsp3) is 0.385. The van der Waals surface area contributed by atoms with Crippen LogP contribution in [0.3, 0.4) is 0 Å². The number of thiophene rings is 1. The van der Waals surface area contributed by atoms with Crippen molar-refractivity contribution >= 4 is 21.4 Å². The van der Waals surface area contributed by atoms with E-state index in [1.807, 2.05) is 19.1 Å². The summed E-state index contributed by atoms with van der Waals surface area (Å²) in [5.41, 5.74) is 6.10. The van der Waals surface area contributed by atoms with E-state index in [-0.39, 0.29) is 12.0 Å². The monoisotopic (exact) mass is 312 g/mol. The number of furan rings is 1. The standard InChI is InChI=1S/C13H16N2O3S2/c1-9-4-5-12(18-9)10-7-15(8-11(10)14)20(16,17)13-3-2-6-19-13/h2-6,10-11H,7-8,14H2,1H3/t10-,11-/m0/s1. The van der Waals surface area contributed by atoms with Gasteiger partial charge in [0.2, 0.25) is 0 Å². The lowest BCUT2D eigenvalue weighted by Crippen LogP contribution is -2.31. The van der Waals surface area contributed by atoms with Gasteiger partial charge in [-0.2, -0.15) is 4.31 Å². The molecule has 0 amide bonds. The molecule has 0 unspecified atom stereocenters. The van der Waals surface area contributed by atoms with Gasteiger partial charge in [0.25, 0.3) is 10.0 Å². The molecule has 2 aromatic rings. The van der Waals surface area contributed by atoms with Crippen molar-refractivity contribution in [2.75, 3.05) is 13.1 Å². The van der Waals surface area contributed by atoms with Gasteiger partial charge in [-0.05, 0) is 30.5 Å². The highest BCUT2D eigenvalue weighted by Gasteiger charge is 2.40. The van der Waals surface area contributed by atoms with Gasteiger partial charge in [-0.1, -0.05) is 6.07 Å². The van der Waals surface area contributed by atoms with Gasteiger partial charge in [0, 0.05) is 25.0 Å². The summed E-state index contributed by atoms with van der Waals surface area (Å²) in [6.45, 7) is 2.56. The molecule has 3 heterocycles. The lowest BCUT2D eigenvalue weighted by atomic mass is 10.0. The van der Waals surface area contributed by atoms with Crippen LogP contribution in [-0.4, -0.2) is 31.9 Å². The van der Waals surface area contributed by atoms with E-state index < -0.39 is 10.0 Å². The number of sulfonamides is 1. The van der Waals surface area contributed by atoms with Crippen molar-refractivity contribution < 1.29 is 12.8 Å². The first kappa shape index (κ1) is 13.8. The topological polar surface area (TPSA) is 76.5 Å². The summed E-state index contributed by atoms with van der Waals surface area (Å²) in [6, 6.07) is 6.87. The number of nitrogens with two attached hydrogens (primary N) is 1. The zero-order chi connectivity index (χ0) is 14.3. The van der Waals surface area contributed by atoms with Crippen LogP contribution in [0.2, 0.25) is 0 Å². The lowest BCUT2D eigenvalue weighted by Gasteiger charge is -2.14. The predicted molar refractivity (Wildman–Crippen MR) is 77.2 cm³/mol. The quantitative estimate of drug-likeness (QED) is 0.937. The van der Waals surface area contributed by atoms with Gasteiger partial charge in [0.05, 0.1) is 0 Å². The zero-order valence-corrected chi connectivity index (χ0v) is 12.7. The van der Waals surface area contributed by atoms with E-state index in [4.69, 9.17) is 10.2 Å². The van der Waals surface area contributed by atoms with Gasteiger partial charge in [-0.25, -0.2) is 8.42 Å². The molecule has 1 aliphatic rings. The Kier molecular flexibility index (Phi) is 3.45. The van der Waals surface area contributed by atoms with E-state index in [9.17, 15) is 8.42 Å². The Hall–Kier alpha value is -1.15. The van der Waals surface area contributed by atoms with Crippen molar-refractivity contribution in [3.8, 4) is 0 Å². The second-order valence-electron chi connectivity index (χ2n) is 4.97. The average molecular weight is 312 g/mol. The highest BCUT2D eigenvalue weighted by molar-refractivity contribution is 7.91. The summed E-state index contributed by atoms with van der Waals surface area (Å²) in [7, 11) is -3.43. The number of nitrogens with zero attached hydrogens (tertiary/aromatic N) is 1. The third-order valence-corrected chi connectivity index (χ3v) is 6.75. The van der Waals surface area contributed by atoms with Crippen molar-refractivity contribution in [2.24, 2.45) is 5.73 Å². The van der Waals surface area contributed by atoms with Crippen LogP contribution >= 0.6 is 11.3 Å². The second-order valence-corrected chi connectivity index (χ2v) is 8.09. The van der Waals surface area contributed by atoms with Crippen LogP contribution in [0, 0.1) is 6.92 Å². The van der Waals surface area contributed by atoms with Crippen molar-refractivity contribution in [1.29, 1.82) is 0 Å². The molecule has 3 rings (SSSR count). The minimum absolute atomic E-state index is 0.0848. The molecule has 0 aromatic carbocycles. The van der Waals surface area contributed by atoms with E-state index >= 15 is 0 Å². The van der Waals surface area contributed by atoms with Crippen LogP contribution in [0.1, 0.15) is 17.4 Å². The summed E-state index contributed by atoms with van der Waals surface area (Å²) in [5.74, 6) is 1.49. The van der Waals surface area contributed by atoms with Crippen LogP contribution in [0.25, 0.3) is 0 Å². The van der Waals surface area contributed by atoms with E-state index in [1.165, 1.54) is 15.6 Å². The number of aryl methyl sites for hydroxylation is 1. The molecule has 0 radical (unpaired) electrons. The molecule has 0 bridgehead atoms. The maximum Gasteiger partial charge on any atom is 0.252 e. The molecule has 0 saturated carbocycles. The molecule has 5 nitrogen and oxygen atoms in total. The maximum atomic E-state index is 12.5. The minimum atomic E-state index is -3.43. The van der Waals surface area contributed by atoms with Gasteiger partial charge < -0.3 is 10.2 Å². The van der Waals surface area contributed by atoms with Crippen LogP contribution in [0.4, 0.5) is 0 Å². The molecule has 2 atom stereocenters. The Labute approximate surface area is 122 Å². The first-order valence-corrected chi connectivity index (χ1v) is 8.66. The Morgan fingerprint density at radius 1 is 1.35 bits per heavy atom. The summed E-state index contributed by atoms with van der Waals surface area (Å²) < 4.78 is 32.3. The SMILES string of the molecule is Cc1ccc([C@H]2CN(S(=O)(=O)c3cccs3)C[C@@H]2N)o1. The molecule has 1 aliphatic heterocycles. The lowest BCUT2D eigenvalue weighted by molar-refractivity contribution is 0.429. The molecule has 0 aliphatic carbocycles. The van der Waals surface area contributed by atoms with Crippen LogP contribution in [0.5, 0.6) is 0 Å². The van der Waals surface area contributed by atoms with E-state index in [0.29, 0.717) is 17.3 Å². The van der Waals surface area contributed by atoms with Crippen LogP contribution < -0.4 is 5.73 Å². The molecule has 0 spiro atoms. The molecule has 20 heavy (non-hydrogen) atoms.